The zero-order valence-electron chi connectivity index (χ0n) is 65.1. The largest absolute Gasteiger partial charge is 0.472 e. The molecule has 5 unspecified atom stereocenters. The number of carbonyl (C=O) groups excluding carboxylic acids is 3. The van der Waals surface area contributed by atoms with Gasteiger partial charge in [0.05, 0.1) is 26.4 Å². The number of phosphoric ester groups is 2. The summed E-state index contributed by atoms with van der Waals surface area (Å²) in [5.41, 5.74) is 0. The number of ether oxygens (including phenoxy) is 3. The van der Waals surface area contributed by atoms with Crippen LogP contribution in [0, 0.1) is 0 Å². The monoisotopic (exact) mass is 1500 g/mol. The van der Waals surface area contributed by atoms with Crippen LogP contribution in [0.25, 0.3) is 0 Å². The molecule has 0 aromatic carbocycles. The summed E-state index contributed by atoms with van der Waals surface area (Å²) in [7, 11) is -9.82. The van der Waals surface area contributed by atoms with Crippen molar-refractivity contribution in [1.29, 1.82) is 0 Å². The van der Waals surface area contributed by atoms with Crippen LogP contribution in [0.2, 0.25) is 0 Å². The molecular formula is C87H142O16P2. The Morgan fingerprint density at radius 1 is 0.267 bits per heavy atom. The predicted octanol–water partition coefficient (Wildman–Crippen LogP) is 23.8. The van der Waals surface area contributed by atoms with Gasteiger partial charge < -0.3 is 34.2 Å². The van der Waals surface area contributed by atoms with Gasteiger partial charge in [-0.05, 0) is 154 Å². The summed E-state index contributed by atoms with van der Waals surface area (Å²) < 4.78 is 61.2. The molecule has 0 heterocycles. The molecular weight excluding hydrogens is 1360 g/mol. The molecule has 0 aliphatic heterocycles. The van der Waals surface area contributed by atoms with Crippen molar-refractivity contribution >= 4 is 33.6 Å². The highest BCUT2D eigenvalue weighted by molar-refractivity contribution is 7.47. The van der Waals surface area contributed by atoms with E-state index in [1.165, 1.54) is 25.7 Å². The van der Waals surface area contributed by atoms with Crippen LogP contribution in [-0.4, -0.2) is 95.9 Å². The molecule has 0 aliphatic carbocycles. The number of aliphatic hydroxyl groups is 2. The highest BCUT2D eigenvalue weighted by Crippen LogP contribution is 2.45. The van der Waals surface area contributed by atoms with Gasteiger partial charge in [0.2, 0.25) is 0 Å². The molecule has 5 atom stereocenters. The predicted molar refractivity (Wildman–Crippen MR) is 435 cm³/mol. The summed E-state index contributed by atoms with van der Waals surface area (Å²) in [4.78, 5) is 58.8. The van der Waals surface area contributed by atoms with E-state index < -0.39 is 91.5 Å². The molecule has 0 spiro atoms. The molecule has 105 heavy (non-hydrogen) atoms. The summed E-state index contributed by atoms with van der Waals surface area (Å²) in [6.07, 6.45) is 101. The Bertz CT molecular complexity index is 2640. The summed E-state index contributed by atoms with van der Waals surface area (Å²) in [5, 5.41) is 20.7. The van der Waals surface area contributed by atoms with Gasteiger partial charge in [-0.15, -0.1) is 0 Å². The number of aliphatic hydroxyl groups excluding tert-OH is 2. The number of rotatable bonds is 74. The van der Waals surface area contributed by atoms with E-state index in [1.54, 1.807) is 0 Å². The third kappa shape index (κ3) is 79.5. The SMILES string of the molecule is CC/C=C\C/C=C\C/C=C\C/C=C\C/C=C\CCCCCCCCCCCC(=O)OCC(O)COP(=O)(O)OCC(O)COP(=O)(O)OCC(COC(=O)CCCCCCCCC/C=C\C/C=C\C/C=C\C/C=C\C/C=C\CC)OC(=O)CCCCCCC/C=C\C/C=C\C/C=C\C/C=C\C/C=C\CC. The lowest BCUT2D eigenvalue weighted by molar-refractivity contribution is -0.161. The minimum Gasteiger partial charge on any atom is -0.463 e. The van der Waals surface area contributed by atoms with E-state index >= 15 is 0 Å². The summed E-state index contributed by atoms with van der Waals surface area (Å²) in [6, 6.07) is 0. The number of carbonyl (C=O) groups is 3. The van der Waals surface area contributed by atoms with Crippen LogP contribution < -0.4 is 0 Å². The minimum absolute atomic E-state index is 0.0724. The maximum Gasteiger partial charge on any atom is 0.472 e. The lowest BCUT2D eigenvalue weighted by atomic mass is 10.1. The van der Waals surface area contributed by atoms with Crippen molar-refractivity contribution < 1.29 is 75.8 Å². The van der Waals surface area contributed by atoms with Gasteiger partial charge in [0.15, 0.2) is 6.10 Å². The average molecular weight is 1510 g/mol. The van der Waals surface area contributed by atoms with Gasteiger partial charge in [0.1, 0.15) is 25.4 Å². The Kier molecular flexibility index (Phi) is 74.3. The molecule has 4 N–H and O–H groups in total. The minimum atomic E-state index is -4.95. The standard InChI is InChI=1S/C87H142O16P2/c1-4-7-10-13-16-19-22-25-28-31-34-37-39-40-42-45-46-49-52-55-58-61-64-67-70-73-85(90)97-76-82(88)77-99-104(93,94)100-78-83(89)79-101-105(95,96)102-81-84(103-87(92)75-72-69-66-63-60-57-54-51-48-43-36-33-30-27-24-21-18-15-12-9-6-3)80-98-86(91)74-71-68-65-62-59-56-53-50-47-44-41-38-35-32-29-26-23-20-17-14-11-8-5-2/h7-12,16-21,25-30,34-38,40,42-44,47,51,54,82-84,88-89H,4-6,13-15,22-24,31-33,39,41,45-46,48-50,52-53,55-81H2,1-3H3,(H,93,94)(H,95,96)/b10-7-,11-8-,12-9-,19-16-,20-17-,21-18-,28-25-,29-26-,30-27-,37-34-,38-35-,42-40-,43-36-,47-44-,54-51-. The molecule has 0 aromatic rings. The second kappa shape index (κ2) is 78.2. The molecule has 0 aliphatic rings. The summed E-state index contributed by atoms with van der Waals surface area (Å²) >= 11 is 0. The molecule has 18 heteroatoms. The Balaban J connectivity index is 4.73. The van der Waals surface area contributed by atoms with Crippen LogP contribution in [0.5, 0.6) is 0 Å². The second-order valence-electron chi connectivity index (χ2n) is 26.1. The molecule has 0 radical (unpaired) electrons. The quantitative estimate of drug-likeness (QED) is 0.0146. The number of esters is 3. The van der Waals surface area contributed by atoms with E-state index in [0.717, 1.165) is 205 Å². The van der Waals surface area contributed by atoms with Crippen LogP contribution in [0.1, 0.15) is 290 Å². The molecule has 596 valence electrons. The van der Waals surface area contributed by atoms with E-state index in [0.29, 0.717) is 19.3 Å². The maximum atomic E-state index is 13.0. The fraction of sp³-hybridized carbons (Fsp3) is 0.621. The first kappa shape index (κ1) is 99.7. The van der Waals surface area contributed by atoms with Gasteiger partial charge >= 0.3 is 33.6 Å². The molecule has 0 saturated heterocycles. The molecule has 0 aromatic heterocycles. The number of phosphoric acid groups is 2. The highest BCUT2D eigenvalue weighted by Gasteiger charge is 2.29. The maximum absolute atomic E-state index is 13.0. The molecule has 0 bridgehead atoms. The van der Waals surface area contributed by atoms with E-state index in [-0.39, 0.29) is 19.3 Å². The van der Waals surface area contributed by atoms with Crippen molar-refractivity contribution in [3.8, 4) is 0 Å². The van der Waals surface area contributed by atoms with Gasteiger partial charge in [-0.2, -0.15) is 0 Å². The van der Waals surface area contributed by atoms with Gasteiger partial charge in [-0.25, -0.2) is 9.13 Å². The van der Waals surface area contributed by atoms with Crippen molar-refractivity contribution in [2.75, 3.05) is 39.6 Å². The van der Waals surface area contributed by atoms with Crippen LogP contribution in [0.3, 0.4) is 0 Å². The van der Waals surface area contributed by atoms with Crippen molar-refractivity contribution in [3.63, 3.8) is 0 Å². The highest BCUT2D eigenvalue weighted by atomic mass is 31.2. The van der Waals surface area contributed by atoms with Crippen LogP contribution in [0.4, 0.5) is 0 Å². The molecule has 0 amide bonds. The smallest absolute Gasteiger partial charge is 0.463 e. The van der Waals surface area contributed by atoms with E-state index in [9.17, 15) is 43.5 Å². The fourth-order valence-electron chi connectivity index (χ4n) is 10.1. The van der Waals surface area contributed by atoms with E-state index in [4.69, 9.17) is 32.3 Å². The Morgan fingerprint density at radius 2 is 0.476 bits per heavy atom. The van der Waals surface area contributed by atoms with E-state index in [1.807, 2.05) is 0 Å². The summed E-state index contributed by atoms with van der Waals surface area (Å²) in [6.45, 7) is 2.29. The first-order valence-corrected chi connectivity index (χ1v) is 43.1. The number of allylic oxidation sites excluding steroid dienone is 30. The van der Waals surface area contributed by atoms with Gasteiger partial charge in [-0.3, -0.25) is 32.5 Å². The van der Waals surface area contributed by atoms with Crippen molar-refractivity contribution in [3.05, 3.63) is 182 Å². The molecule has 0 fully saturated rings. The Hall–Kier alpha value is -5.35. The van der Waals surface area contributed by atoms with Gasteiger partial charge in [-0.1, -0.05) is 299 Å². The Labute approximate surface area is 636 Å². The lowest BCUT2D eigenvalue weighted by Gasteiger charge is -2.21. The number of unbranched alkanes of at least 4 members (excludes halogenated alkanes) is 21. The third-order valence-electron chi connectivity index (χ3n) is 16.1. The normalized spacial score (nSPS) is 14.9. The van der Waals surface area contributed by atoms with Crippen molar-refractivity contribution in [1.82, 2.24) is 0 Å². The van der Waals surface area contributed by atoms with Crippen LogP contribution in [0.15, 0.2) is 182 Å². The fourth-order valence-corrected chi connectivity index (χ4v) is 11.7. The summed E-state index contributed by atoms with van der Waals surface area (Å²) in [5.74, 6) is -1.62. The number of hydrogen-bond acceptors (Lipinski definition) is 14. The van der Waals surface area contributed by atoms with Crippen LogP contribution in [-0.2, 0) is 55.8 Å². The van der Waals surface area contributed by atoms with Gasteiger partial charge in [0.25, 0.3) is 0 Å². The van der Waals surface area contributed by atoms with Crippen molar-refractivity contribution in [2.45, 2.75) is 309 Å². The molecule has 0 saturated carbocycles. The molecule has 16 nitrogen and oxygen atoms in total. The van der Waals surface area contributed by atoms with Crippen molar-refractivity contribution in [2.24, 2.45) is 0 Å². The van der Waals surface area contributed by atoms with Gasteiger partial charge in [0, 0.05) is 19.3 Å². The van der Waals surface area contributed by atoms with Crippen LogP contribution >= 0.6 is 15.6 Å². The molecule has 0 rings (SSSR count). The topological polar surface area (TPSA) is 231 Å². The first-order valence-electron chi connectivity index (χ1n) is 40.1. The average Bonchev–Trinajstić information content (AvgIpc) is 0.963. The first-order chi connectivity index (χ1) is 51.2. The lowest BCUT2D eigenvalue weighted by Crippen LogP contribution is -2.30. The number of hydrogen-bond donors (Lipinski definition) is 4. The second-order valence-corrected chi connectivity index (χ2v) is 29.0. The van der Waals surface area contributed by atoms with E-state index in [2.05, 4.69) is 203 Å². The third-order valence-corrected chi connectivity index (χ3v) is 18.0. The Morgan fingerprint density at radius 3 is 0.752 bits per heavy atom. The zero-order chi connectivity index (χ0) is 76.6. The zero-order valence-corrected chi connectivity index (χ0v) is 66.9.